The molecular weight excluding hydrogens is 397 g/mol. The van der Waals surface area contributed by atoms with Gasteiger partial charge in [-0.3, -0.25) is 4.79 Å². The van der Waals surface area contributed by atoms with Crippen LogP contribution in [0.3, 0.4) is 0 Å². The molecule has 2 N–H and O–H groups in total. The zero-order valence-corrected chi connectivity index (χ0v) is 17.8. The SMILES string of the molecule is Cc1cc(C(F)(F)F)ccc1NC(=O)C12CCC(NC(=O)OC(C)(C)C)(CC1)CC2. The van der Waals surface area contributed by atoms with Crippen LogP contribution in [0.5, 0.6) is 0 Å². The van der Waals surface area contributed by atoms with Gasteiger partial charge in [-0.2, -0.15) is 13.2 Å². The van der Waals surface area contributed by atoms with Crippen molar-refractivity contribution in [2.24, 2.45) is 5.41 Å². The number of halogens is 3. The van der Waals surface area contributed by atoms with Gasteiger partial charge in [0.1, 0.15) is 5.60 Å². The van der Waals surface area contributed by atoms with Gasteiger partial charge in [-0.05, 0) is 90.0 Å². The van der Waals surface area contributed by atoms with E-state index in [2.05, 4.69) is 10.6 Å². The molecule has 0 aromatic heterocycles. The number of amides is 2. The maximum atomic E-state index is 13.0. The summed E-state index contributed by atoms with van der Waals surface area (Å²) in [6, 6.07) is 3.34. The molecule has 3 fully saturated rings. The van der Waals surface area contributed by atoms with Gasteiger partial charge in [0.15, 0.2) is 0 Å². The zero-order chi connectivity index (χ0) is 22.4. The van der Waals surface area contributed by atoms with Crippen LogP contribution < -0.4 is 10.6 Å². The molecule has 0 radical (unpaired) electrons. The highest BCUT2D eigenvalue weighted by atomic mass is 19.4. The van der Waals surface area contributed by atoms with E-state index in [4.69, 9.17) is 4.74 Å². The number of carbonyl (C=O) groups is 2. The van der Waals surface area contributed by atoms with E-state index in [9.17, 15) is 22.8 Å². The lowest BCUT2D eigenvalue weighted by molar-refractivity contribution is -0.137. The van der Waals surface area contributed by atoms with Crippen molar-refractivity contribution >= 4 is 17.7 Å². The Balaban J connectivity index is 1.64. The second kappa shape index (κ2) is 7.46. The van der Waals surface area contributed by atoms with Crippen molar-refractivity contribution in [1.82, 2.24) is 5.32 Å². The van der Waals surface area contributed by atoms with Crippen molar-refractivity contribution in [3.63, 3.8) is 0 Å². The Morgan fingerprint density at radius 3 is 2.03 bits per heavy atom. The molecule has 8 heteroatoms. The summed E-state index contributed by atoms with van der Waals surface area (Å²) in [5, 5.41) is 5.85. The van der Waals surface area contributed by atoms with Gasteiger partial charge >= 0.3 is 12.3 Å². The number of alkyl halides is 3. The summed E-state index contributed by atoms with van der Waals surface area (Å²) >= 11 is 0. The number of rotatable bonds is 3. The maximum absolute atomic E-state index is 13.0. The number of aryl methyl sites for hydroxylation is 1. The summed E-state index contributed by atoms with van der Waals surface area (Å²) in [6.07, 6.45) is -0.981. The van der Waals surface area contributed by atoms with E-state index in [1.807, 2.05) is 20.8 Å². The monoisotopic (exact) mass is 426 g/mol. The molecular formula is C22H29F3N2O3. The van der Waals surface area contributed by atoms with Crippen molar-refractivity contribution in [3.8, 4) is 0 Å². The minimum atomic E-state index is -4.41. The van der Waals surface area contributed by atoms with E-state index in [-0.39, 0.29) is 11.4 Å². The Kier molecular flexibility index (Phi) is 5.58. The molecule has 3 saturated carbocycles. The summed E-state index contributed by atoms with van der Waals surface area (Å²) in [4.78, 5) is 25.3. The third kappa shape index (κ3) is 4.73. The lowest BCUT2D eigenvalue weighted by Crippen LogP contribution is -2.59. The van der Waals surface area contributed by atoms with Crippen LogP contribution in [0.15, 0.2) is 18.2 Å². The van der Waals surface area contributed by atoms with Crippen LogP contribution in [0.25, 0.3) is 0 Å². The Bertz CT molecular complexity index is 818. The smallest absolute Gasteiger partial charge is 0.416 e. The molecule has 0 saturated heterocycles. The van der Waals surface area contributed by atoms with Gasteiger partial charge in [-0.1, -0.05) is 0 Å². The van der Waals surface area contributed by atoms with E-state index in [0.29, 0.717) is 49.8 Å². The lowest BCUT2D eigenvalue weighted by atomic mass is 9.57. The number of nitrogens with one attached hydrogen (secondary N) is 2. The number of hydrogen-bond acceptors (Lipinski definition) is 3. The summed E-state index contributed by atoms with van der Waals surface area (Å²) in [6.45, 7) is 6.99. The Morgan fingerprint density at radius 1 is 1.00 bits per heavy atom. The number of benzene rings is 1. The second-order valence-corrected chi connectivity index (χ2v) is 9.67. The molecule has 0 spiro atoms. The van der Waals surface area contributed by atoms with Crippen molar-refractivity contribution in [1.29, 1.82) is 0 Å². The van der Waals surface area contributed by atoms with Crippen LogP contribution in [0.1, 0.15) is 70.4 Å². The molecule has 2 amide bonds. The maximum Gasteiger partial charge on any atom is 0.416 e. The normalized spacial score (nSPS) is 26.2. The molecule has 0 aliphatic heterocycles. The topological polar surface area (TPSA) is 67.4 Å². The highest BCUT2D eigenvalue weighted by Gasteiger charge is 2.53. The highest BCUT2D eigenvalue weighted by molar-refractivity contribution is 5.96. The zero-order valence-electron chi connectivity index (χ0n) is 17.8. The van der Waals surface area contributed by atoms with E-state index in [0.717, 1.165) is 12.1 Å². The molecule has 1 aromatic carbocycles. The number of ether oxygens (including phenoxy) is 1. The standard InChI is InChI=1S/C22H29F3N2O3/c1-14-13-15(22(23,24)25)5-6-16(14)26-17(28)20-7-10-21(11-8-20,12-9-20)27-18(29)30-19(2,3)4/h5-6,13H,7-12H2,1-4H3,(H,26,28)(H,27,29). The van der Waals surface area contributed by atoms with Gasteiger partial charge in [0, 0.05) is 16.6 Å². The fraction of sp³-hybridized carbons (Fsp3) is 0.636. The first-order chi connectivity index (χ1) is 13.7. The first kappa shape index (κ1) is 22.4. The largest absolute Gasteiger partial charge is 0.444 e. The average molecular weight is 426 g/mol. The van der Waals surface area contributed by atoms with Gasteiger partial charge in [-0.15, -0.1) is 0 Å². The Hall–Kier alpha value is -2.25. The number of alkyl carbamates (subject to hydrolysis) is 1. The average Bonchev–Trinajstić information content (AvgIpc) is 2.62. The molecule has 0 unspecified atom stereocenters. The fourth-order valence-electron chi connectivity index (χ4n) is 4.47. The number of carbonyl (C=O) groups excluding carboxylic acids is 2. The summed E-state index contributed by atoms with van der Waals surface area (Å²) < 4.78 is 44.0. The first-order valence-electron chi connectivity index (χ1n) is 10.2. The molecule has 2 bridgehead atoms. The minimum absolute atomic E-state index is 0.157. The van der Waals surface area contributed by atoms with Crippen molar-refractivity contribution in [2.75, 3.05) is 5.32 Å². The first-order valence-corrected chi connectivity index (χ1v) is 10.2. The molecule has 1 aromatic rings. The van der Waals surface area contributed by atoms with Crippen LogP contribution in [0.4, 0.5) is 23.7 Å². The van der Waals surface area contributed by atoms with Crippen LogP contribution in [0, 0.1) is 12.3 Å². The van der Waals surface area contributed by atoms with Crippen LogP contribution >= 0.6 is 0 Å². The van der Waals surface area contributed by atoms with Crippen LogP contribution in [-0.2, 0) is 15.7 Å². The van der Waals surface area contributed by atoms with Gasteiger partial charge in [-0.25, -0.2) is 4.79 Å². The predicted octanol–water partition coefficient (Wildman–Crippen LogP) is 5.57. The summed E-state index contributed by atoms with van der Waals surface area (Å²) in [5.74, 6) is -0.157. The third-order valence-electron chi connectivity index (χ3n) is 6.30. The molecule has 0 atom stereocenters. The summed E-state index contributed by atoms with van der Waals surface area (Å²) in [5.41, 5.74) is -1.43. The predicted molar refractivity (Wildman–Crippen MR) is 107 cm³/mol. The van der Waals surface area contributed by atoms with Crippen molar-refractivity contribution < 1.29 is 27.5 Å². The number of fused-ring (bicyclic) bond motifs is 3. The van der Waals surface area contributed by atoms with Crippen LogP contribution in [-0.4, -0.2) is 23.1 Å². The van der Waals surface area contributed by atoms with Gasteiger partial charge in [0.25, 0.3) is 0 Å². The van der Waals surface area contributed by atoms with E-state index in [1.165, 1.54) is 6.07 Å². The summed E-state index contributed by atoms with van der Waals surface area (Å²) in [7, 11) is 0. The van der Waals surface area contributed by atoms with Crippen LogP contribution in [0.2, 0.25) is 0 Å². The molecule has 166 valence electrons. The molecule has 30 heavy (non-hydrogen) atoms. The molecule has 3 aliphatic rings. The third-order valence-corrected chi connectivity index (χ3v) is 6.30. The second-order valence-electron chi connectivity index (χ2n) is 9.67. The van der Waals surface area contributed by atoms with E-state index >= 15 is 0 Å². The fourth-order valence-corrected chi connectivity index (χ4v) is 4.47. The molecule has 3 aliphatic carbocycles. The van der Waals surface area contributed by atoms with Crippen molar-refractivity contribution in [3.05, 3.63) is 29.3 Å². The van der Waals surface area contributed by atoms with Gasteiger partial charge in [0.2, 0.25) is 5.91 Å². The number of anilines is 1. The highest BCUT2D eigenvalue weighted by Crippen LogP contribution is 2.53. The molecule has 5 nitrogen and oxygen atoms in total. The van der Waals surface area contributed by atoms with Crippen molar-refractivity contribution in [2.45, 2.75) is 83.5 Å². The molecule has 0 heterocycles. The van der Waals surface area contributed by atoms with E-state index < -0.39 is 28.8 Å². The van der Waals surface area contributed by atoms with Gasteiger partial charge in [0.05, 0.1) is 5.56 Å². The lowest BCUT2D eigenvalue weighted by Gasteiger charge is -2.52. The Labute approximate surface area is 174 Å². The Morgan fingerprint density at radius 2 is 1.57 bits per heavy atom. The van der Waals surface area contributed by atoms with E-state index in [1.54, 1.807) is 6.92 Å². The number of hydrogen-bond donors (Lipinski definition) is 2. The minimum Gasteiger partial charge on any atom is -0.444 e. The van der Waals surface area contributed by atoms with Gasteiger partial charge < -0.3 is 15.4 Å². The quantitative estimate of drug-likeness (QED) is 0.664. The molecule has 4 rings (SSSR count).